The fourth-order valence-electron chi connectivity index (χ4n) is 5.60. The standard InChI is InChI=1S/C20H23NO4/c1-21-9-8-19-13-5-7-16(24-3)20(19,11-22)25-18-15(23-2)6-4-12(17(18)19)10-14(13)21/h4-7,14,22H,8-11H2,1-3H3. The van der Waals surface area contributed by atoms with Gasteiger partial charge in [-0.25, -0.2) is 0 Å². The number of allylic oxidation sites excluding steroid dienone is 2. The van der Waals surface area contributed by atoms with Crippen molar-refractivity contribution in [2.45, 2.75) is 29.9 Å². The van der Waals surface area contributed by atoms with Crippen LogP contribution in [0.15, 0.2) is 35.6 Å². The lowest BCUT2D eigenvalue weighted by Crippen LogP contribution is -2.66. The minimum absolute atomic E-state index is 0.127. The molecule has 2 bridgehead atoms. The Morgan fingerprint density at radius 2 is 2.12 bits per heavy atom. The Kier molecular flexibility index (Phi) is 2.94. The molecule has 0 saturated carbocycles. The highest BCUT2D eigenvalue weighted by atomic mass is 16.6. The molecular weight excluding hydrogens is 318 g/mol. The number of rotatable bonds is 3. The number of hydrogen-bond donors (Lipinski definition) is 1. The summed E-state index contributed by atoms with van der Waals surface area (Å²) in [5, 5.41) is 10.6. The van der Waals surface area contributed by atoms with E-state index < -0.39 is 5.60 Å². The summed E-state index contributed by atoms with van der Waals surface area (Å²) in [7, 11) is 5.50. The lowest BCUT2D eigenvalue weighted by atomic mass is 9.52. The van der Waals surface area contributed by atoms with E-state index in [-0.39, 0.29) is 12.0 Å². The summed E-state index contributed by atoms with van der Waals surface area (Å²) in [5.74, 6) is 2.18. The molecule has 132 valence electrons. The van der Waals surface area contributed by atoms with Gasteiger partial charge in [-0.2, -0.15) is 0 Å². The van der Waals surface area contributed by atoms with E-state index in [0.29, 0.717) is 11.8 Å². The molecule has 5 nitrogen and oxygen atoms in total. The summed E-state index contributed by atoms with van der Waals surface area (Å²) in [6.45, 7) is 0.831. The molecule has 5 rings (SSSR count). The van der Waals surface area contributed by atoms with Crippen molar-refractivity contribution in [2.75, 3.05) is 34.4 Å². The molecule has 1 saturated heterocycles. The van der Waals surface area contributed by atoms with Gasteiger partial charge in [0.15, 0.2) is 11.5 Å². The molecule has 5 heteroatoms. The quantitative estimate of drug-likeness (QED) is 0.908. The van der Waals surface area contributed by atoms with E-state index in [0.717, 1.165) is 30.9 Å². The summed E-state index contributed by atoms with van der Waals surface area (Å²) >= 11 is 0. The Hall–Kier alpha value is -1.98. The molecule has 1 aromatic rings. The second-order valence-electron chi connectivity index (χ2n) is 7.43. The first kappa shape index (κ1) is 15.3. The molecule has 1 aromatic carbocycles. The lowest BCUT2D eigenvalue weighted by molar-refractivity contribution is -0.0491. The Bertz CT molecular complexity index is 829. The Balaban J connectivity index is 1.89. The van der Waals surface area contributed by atoms with Crippen LogP contribution >= 0.6 is 0 Å². The molecule has 25 heavy (non-hydrogen) atoms. The van der Waals surface area contributed by atoms with Crippen molar-refractivity contribution in [3.63, 3.8) is 0 Å². The van der Waals surface area contributed by atoms with Crippen LogP contribution in [0.4, 0.5) is 0 Å². The number of benzene rings is 1. The summed E-state index contributed by atoms with van der Waals surface area (Å²) in [4.78, 5) is 2.41. The van der Waals surface area contributed by atoms with Crippen molar-refractivity contribution in [3.8, 4) is 11.5 Å². The lowest BCUT2D eigenvalue weighted by Gasteiger charge is -2.56. The van der Waals surface area contributed by atoms with E-state index >= 15 is 0 Å². The molecule has 3 unspecified atom stereocenters. The maximum Gasteiger partial charge on any atom is 0.202 e. The normalized spacial score (nSPS) is 34.6. The van der Waals surface area contributed by atoms with E-state index in [4.69, 9.17) is 14.2 Å². The van der Waals surface area contributed by atoms with Crippen LogP contribution in [0.3, 0.4) is 0 Å². The fourth-order valence-corrected chi connectivity index (χ4v) is 5.60. The summed E-state index contributed by atoms with van der Waals surface area (Å²) < 4.78 is 17.8. The van der Waals surface area contributed by atoms with Crippen LogP contribution in [0.2, 0.25) is 0 Å². The monoisotopic (exact) mass is 341 g/mol. The maximum atomic E-state index is 10.6. The molecule has 2 heterocycles. The van der Waals surface area contributed by atoms with Gasteiger partial charge in [-0.1, -0.05) is 12.1 Å². The first-order valence-electron chi connectivity index (χ1n) is 8.80. The molecular formula is C20H23NO4. The number of piperidine rings is 1. The number of methoxy groups -OCH3 is 2. The molecule has 4 aliphatic rings. The molecule has 3 atom stereocenters. The Morgan fingerprint density at radius 3 is 2.84 bits per heavy atom. The van der Waals surface area contributed by atoms with Gasteiger partial charge in [0.1, 0.15) is 5.76 Å². The van der Waals surface area contributed by atoms with Gasteiger partial charge in [-0.15, -0.1) is 0 Å². The van der Waals surface area contributed by atoms with Crippen molar-refractivity contribution in [1.82, 2.24) is 4.90 Å². The Labute approximate surface area is 147 Å². The van der Waals surface area contributed by atoms with E-state index in [2.05, 4.69) is 24.1 Å². The number of aliphatic hydroxyl groups is 1. The van der Waals surface area contributed by atoms with Gasteiger partial charge in [-0.05, 0) is 49.7 Å². The van der Waals surface area contributed by atoms with Gasteiger partial charge in [0.2, 0.25) is 5.60 Å². The van der Waals surface area contributed by atoms with Gasteiger partial charge >= 0.3 is 0 Å². The number of likely N-dealkylation sites (tertiary alicyclic amines) is 1. The number of ether oxygens (including phenoxy) is 3. The molecule has 0 radical (unpaired) electrons. The zero-order valence-electron chi connectivity index (χ0n) is 14.8. The minimum Gasteiger partial charge on any atom is -0.497 e. The largest absolute Gasteiger partial charge is 0.497 e. The van der Waals surface area contributed by atoms with Crippen LogP contribution in [-0.2, 0) is 16.6 Å². The molecule has 1 spiro atoms. The average molecular weight is 341 g/mol. The van der Waals surface area contributed by atoms with E-state index in [1.807, 2.05) is 12.1 Å². The van der Waals surface area contributed by atoms with Crippen LogP contribution in [0.5, 0.6) is 11.5 Å². The number of likely N-dealkylation sites (N-methyl/N-ethyl adjacent to an activating group) is 1. The summed E-state index contributed by atoms with van der Waals surface area (Å²) in [5.41, 5.74) is 2.53. The highest BCUT2D eigenvalue weighted by Crippen LogP contribution is 2.66. The third-order valence-corrected chi connectivity index (χ3v) is 6.71. The molecule has 2 aliphatic carbocycles. The molecule has 1 fully saturated rings. The minimum atomic E-state index is -0.905. The number of aliphatic hydroxyl groups excluding tert-OH is 1. The highest BCUT2D eigenvalue weighted by Gasteiger charge is 2.70. The van der Waals surface area contributed by atoms with Gasteiger partial charge in [0.05, 0.1) is 26.2 Å². The first-order chi connectivity index (χ1) is 12.1. The topological polar surface area (TPSA) is 51.2 Å². The predicted molar refractivity (Wildman–Crippen MR) is 93.0 cm³/mol. The molecule has 2 aliphatic heterocycles. The van der Waals surface area contributed by atoms with E-state index in [1.54, 1.807) is 14.2 Å². The van der Waals surface area contributed by atoms with Crippen LogP contribution in [-0.4, -0.2) is 56.1 Å². The van der Waals surface area contributed by atoms with Crippen LogP contribution in [0, 0.1) is 0 Å². The fraction of sp³-hybridized carbons (Fsp3) is 0.500. The summed E-state index contributed by atoms with van der Waals surface area (Å²) in [6, 6.07) is 4.46. The second-order valence-corrected chi connectivity index (χ2v) is 7.43. The smallest absolute Gasteiger partial charge is 0.202 e. The maximum absolute atomic E-state index is 10.6. The number of nitrogens with zero attached hydrogens (tertiary/aromatic N) is 1. The summed E-state index contributed by atoms with van der Waals surface area (Å²) in [6.07, 6.45) is 6.00. The third-order valence-electron chi connectivity index (χ3n) is 6.71. The molecule has 1 N–H and O–H groups in total. The predicted octanol–water partition coefficient (Wildman–Crippen LogP) is 1.79. The zero-order chi connectivity index (χ0) is 17.4. The third kappa shape index (κ3) is 1.49. The van der Waals surface area contributed by atoms with Crippen LogP contribution < -0.4 is 9.47 Å². The van der Waals surface area contributed by atoms with Crippen molar-refractivity contribution in [3.05, 3.63) is 46.7 Å². The van der Waals surface area contributed by atoms with Gasteiger partial charge in [0.25, 0.3) is 0 Å². The van der Waals surface area contributed by atoms with E-state index in [9.17, 15) is 5.11 Å². The van der Waals surface area contributed by atoms with Crippen LogP contribution in [0.1, 0.15) is 17.5 Å². The van der Waals surface area contributed by atoms with Crippen molar-refractivity contribution in [2.24, 2.45) is 0 Å². The van der Waals surface area contributed by atoms with Crippen molar-refractivity contribution in [1.29, 1.82) is 0 Å². The molecule has 0 aromatic heterocycles. The first-order valence-corrected chi connectivity index (χ1v) is 8.80. The Morgan fingerprint density at radius 1 is 1.28 bits per heavy atom. The molecule has 0 amide bonds. The SMILES string of the molecule is COC1=CC=C2C3Cc4ccc(OC)c5c4C2(CCN3C)C1(CO)O5. The van der Waals surface area contributed by atoms with Crippen LogP contribution in [0.25, 0.3) is 0 Å². The van der Waals surface area contributed by atoms with E-state index in [1.165, 1.54) is 16.7 Å². The van der Waals surface area contributed by atoms with Gasteiger partial charge < -0.3 is 19.3 Å². The number of hydrogen-bond acceptors (Lipinski definition) is 5. The average Bonchev–Trinajstić information content (AvgIpc) is 2.95. The zero-order valence-corrected chi connectivity index (χ0v) is 14.8. The van der Waals surface area contributed by atoms with Crippen molar-refractivity contribution >= 4 is 0 Å². The van der Waals surface area contributed by atoms with Gasteiger partial charge in [-0.3, -0.25) is 4.90 Å². The van der Waals surface area contributed by atoms with Gasteiger partial charge in [0, 0.05) is 11.6 Å². The second kappa shape index (κ2) is 4.80. The van der Waals surface area contributed by atoms with Crippen molar-refractivity contribution < 1.29 is 19.3 Å². The highest BCUT2D eigenvalue weighted by molar-refractivity contribution is 5.69.